The van der Waals surface area contributed by atoms with Crippen LogP contribution in [0.4, 0.5) is 5.69 Å². The molecule has 0 aliphatic heterocycles. The summed E-state index contributed by atoms with van der Waals surface area (Å²) >= 11 is 0. The summed E-state index contributed by atoms with van der Waals surface area (Å²) in [5, 5.41) is 24.6. The lowest BCUT2D eigenvalue weighted by atomic mass is 9.98. The summed E-state index contributed by atoms with van der Waals surface area (Å²) in [6.45, 7) is 11.1. The van der Waals surface area contributed by atoms with E-state index in [1.807, 2.05) is 14.0 Å². The molecule has 1 rings (SSSR count). The van der Waals surface area contributed by atoms with E-state index in [1.54, 1.807) is 6.20 Å². The van der Waals surface area contributed by atoms with Crippen molar-refractivity contribution in [3.8, 4) is 6.07 Å². The van der Waals surface area contributed by atoms with E-state index in [9.17, 15) is 0 Å². The molecular formula is C16H24N6. The second-order valence-corrected chi connectivity index (χ2v) is 5.17. The maximum absolute atomic E-state index is 8.89. The standard InChI is InChI=1S/C16H24N6/c1-12(16-13(2)22-21-11-15(16)19-4)20-10-7-14(5-8-17)6-9-18-3/h11,14,18,20H,2,4-7,9-10H2,1,3H3. The minimum atomic E-state index is 0.393. The first-order valence-corrected chi connectivity index (χ1v) is 7.37. The van der Waals surface area contributed by atoms with Gasteiger partial charge in [0.2, 0.25) is 0 Å². The number of rotatable bonds is 9. The summed E-state index contributed by atoms with van der Waals surface area (Å²) in [6.07, 6.45) is 4.10. The predicted octanol–water partition coefficient (Wildman–Crippen LogP) is 0.466. The van der Waals surface area contributed by atoms with Gasteiger partial charge in [0.15, 0.2) is 0 Å². The van der Waals surface area contributed by atoms with Gasteiger partial charge < -0.3 is 10.6 Å². The minimum Gasteiger partial charge on any atom is -0.388 e. The fourth-order valence-corrected chi connectivity index (χ4v) is 2.32. The molecule has 0 aliphatic carbocycles. The minimum absolute atomic E-state index is 0.393. The van der Waals surface area contributed by atoms with Crippen LogP contribution in [0.25, 0.3) is 12.3 Å². The third-order valence-electron chi connectivity index (χ3n) is 3.57. The summed E-state index contributed by atoms with van der Waals surface area (Å²) < 4.78 is 0. The Morgan fingerprint density at radius 1 is 1.45 bits per heavy atom. The van der Waals surface area contributed by atoms with Gasteiger partial charge in [-0.25, -0.2) is 0 Å². The Morgan fingerprint density at radius 2 is 2.18 bits per heavy atom. The van der Waals surface area contributed by atoms with Crippen LogP contribution >= 0.6 is 0 Å². The van der Waals surface area contributed by atoms with Crippen LogP contribution < -0.4 is 21.2 Å². The molecular weight excluding hydrogens is 276 g/mol. The number of nitriles is 1. The number of aliphatic imine (C=N–C) groups is 1. The molecule has 118 valence electrons. The number of nitrogens with zero attached hydrogens (tertiary/aromatic N) is 4. The fraction of sp³-hybridized carbons (Fsp3) is 0.500. The van der Waals surface area contributed by atoms with E-state index in [4.69, 9.17) is 5.26 Å². The molecule has 0 saturated heterocycles. The summed E-state index contributed by atoms with van der Waals surface area (Å²) in [7, 11) is 1.93. The first-order valence-electron chi connectivity index (χ1n) is 7.37. The first kappa shape index (κ1) is 17.8. The zero-order chi connectivity index (χ0) is 16.4. The van der Waals surface area contributed by atoms with Crippen molar-refractivity contribution in [2.24, 2.45) is 10.9 Å². The monoisotopic (exact) mass is 300 g/mol. The molecule has 0 saturated carbocycles. The van der Waals surface area contributed by atoms with Crippen molar-refractivity contribution < 1.29 is 0 Å². The van der Waals surface area contributed by atoms with Gasteiger partial charge in [-0.2, -0.15) is 15.5 Å². The second kappa shape index (κ2) is 9.64. The molecule has 0 aliphatic rings. The maximum Gasteiger partial charge on any atom is 0.0935 e. The number of aromatic nitrogens is 2. The van der Waals surface area contributed by atoms with Crippen LogP contribution in [-0.2, 0) is 0 Å². The van der Waals surface area contributed by atoms with Crippen molar-refractivity contribution in [2.45, 2.75) is 26.2 Å². The van der Waals surface area contributed by atoms with Crippen molar-refractivity contribution in [1.29, 1.82) is 5.26 Å². The SMILES string of the molecule is C=Nc1cnnc(=C)c1=C(C)NCCC(CC#N)CCNC. The van der Waals surface area contributed by atoms with E-state index in [-0.39, 0.29) is 0 Å². The number of nitrogens with one attached hydrogen (secondary N) is 2. The van der Waals surface area contributed by atoms with E-state index in [0.29, 0.717) is 23.4 Å². The van der Waals surface area contributed by atoms with E-state index < -0.39 is 0 Å². The van der Waals surface area contributed by atoms with Gasteiger partial charge in [0.1, 0.15) is 0 Å². The van der Waals surface area contributed by atoms with Gasteiger partial charge in [-0.15, -0.1) is 0 Å². The third-order valence-corrected chi connectivity index (χ3v) is 3.57. The highest BCUT2D eigenvalue weighted by Gasteiger charge is 2.08. The molecule has 0 fully saturated rings. The summed E-state index contributed by atoms with van der Waals surface area (Å²) in [5.41, 5.74) is 1.63. The Labute approximate surface area is 131 Å². The van der Waals surface area contributed by atoms with Gasteiger partial charge in [0.05, 0.1) is 23.3 Å². The van der Waals surface area contributed by atoms with Crippen LogP contribution in [0.1, 0.15) is 26.2 Å². The molecule has 22 heavy (non-hydrogen) atoms. The van der Waals surface area contributed by atoms with Crippen molar-refractivity contribution >= 4 is 24.7 Å². The number of hydrogen-bond donors (Lipinski definition) is 2. The Morgan fingerprint density at radius 3 is 2.82 bits per heavy atom. The van der Waals surface area contributed by atoms with Crippen molar-refractivity contribution in [3.63, 3.8) is 0 Å². The van der Waals surface area contributed by atoms with E-state index in [0.717, 1.165) is 36.8 Å². The van der Waals surface area contributed by atoms with Gasteiger partial charge in [0.25, 0.3) is 0 Å². The van der Waals surface area contributed by atoms with Gasteiger partial charge in [-0.3, -0.25) is 4.99 Å². The average Bonchev–Trinajstić information content (AvgIpc) is 2.52. The van der Waals surface area contributed by atoms with E-state index in [1.165, 1.54) is 0 Å². The summed E-state index contributed by atoms with van der Waals surface area (Å²) in [4.78, 5) is 3.96. The zero-order valence-electron chi connectivity index (χ0n) is 13.4. The predicted molar refractivity (Wildman–Crippen MR) is 90.0 cm³/mol. The van der Waals surface area contributed by atoms with Crippen LogP contribution in [0, 0.1) is 17.2 Å². The molecule has 6 nitrogen and oxygen atoms in total. The zero-order valence-corrected chi connectivity index (χ0v) is 13.4. The van der Waals surface area contributed by atoms with Crippen LogP contribution in [0.5, 0.6) is 0 Å². The first-order chi connectivity index (χ1) is 10.6. The molecule has 0 amide bonds. The molecule has 1 heterocycles. The lowest BCUT2D eigenvalue weighted by Gasteiger charge is -2.14. The Balaban J connectivity index is 2.75. The van der Waals surface area contributed by atoms with Crippen molar-refractivity contribution in [3.05, 3.63) is 16.8 Å². The smallest absolute Gasteiger partial charge is 0.0935 e. The summed E-state index contributed by atoms with van der Waals surface area (Å²) in [5.74, 6) is 0.393. The highest BCUT2D eigenvalue weighted by molar-refractivity contribution is 5.52. The molecule has 2 N–H and O–H groups in total. The van der Waals surface area contributed by atoms with Gasteiger partial charge in [-0.05, 0) is 46.0 Å². The normalized spacial score (nSPS) is 13.1. The molecule has 6 heteroatoms. The summed E-state index contributed by atoms with van der Waals surface area (Å²) in [6, 6.07) is 2.26. The Bertz CT molecular complexity index is 631. The van der Waals surface area contributed by atoms with Crippen LogP contribution in [-0.4, -0.2) is 37.1 Å². The van der Waals surface area contributed by atoms with Gasteiger partial charge in [0, 0.05) is 23.9 Å². The molecule has 1 aromatic heterocycles. The lowest BCUT2D eigenvalue weighted by Crippen LogP contribution is -2.34. The van der Waals surface area contributed by atoms with Crippen LogP contribution in [0.2, 0.25) is 0 Å². The van der Waals surface area contributed by atoms with E-state index in [2.05, 4.69) is 45.2 Å². The molecule has 0 aromatic carbocycles. The van der Waals surface area contributed by atoms with Crippen LogP contribution in [0.15, 0.2) is 11.2 Å². The highest BCUT2D eigenvalue weighted by Crippen LogP contribution is 2.11. The van der Waals surface area contributed by atoms with E-state index >= 15 is 0 Å². The number of hydrogen-bond acceptors (Lipinski definition) is 6. The molecule has 1 unspecified atom stereocenters. The maximum atomic E-state index is 8.89. The van der Waals surface area contributed by atoms with Gasteiger partial charge >= 0.3 is 0 Å². The lowest BCUT2D eigenvalue weighted by molar-refractivity contribution is 0.448. The molecule has 1 atom stereocenters. The largest absolute Gasteiger partial charge is 0.388 e. The topological polar surface area (TPSA) is 86.0 Å². The quantitative estimate of drug-likeness (QED) is 0.647. The molecule has 1 aromatic rings. The van der Waals surface area contributed by atoms with Crippen molar-refractivity contribution in [2.75, 3.05) is 20.1 Å². The third kappa shape index (κ3) is 5.26. The Kier molecular flexibility index (Phi) is 7.79. The second-order valence-electron chi connectivity index (χ2n) is 5.17. The van der Waals surface area contributed by atoms with Crippen LogP contribution in [0.3, 0.4) is 0 Å². The highest BCUT2D eigenvalue weighted by atomic mass is 15.1. The van der Waals surface area contributed by atoms with Gasteiger partial charge in [-0.1, -0.05) is 6.58 Å². The molecule has 0 radical (unpaired) electrons. The molecule has 0 bridgehead atoms. The Hall–Kier alpha value is -2.26. The fourth-order valence-electron chi connectivity index (χ4n) is 2.32. The van der Waals surface area contributed by atoms with Crippen molar-refractivity contribution in [1.82, 2.24) is 20.8 Å². The molecule has 0 spiro atoms. The average molecular weight is 300 g/mol.